The summed E-state index contributed by atoms with van der Waals surface area (Å²) in [5.74, 6) is 0.687. The molecule has 3 aromatic rings. The standard InChI is InChI=1S/C24H28FN3O2/c1-3-20(29)15-28(19-12-13-19)16-22-23(17-8-5-4-6-9-17)26-27(2)24(22)30-21-11-7-10-18(25)14-21/h4-11,14,19-20,29H,3,12-13,15-16H2,1-2H3/t20-/m0/s1. The second-order valence-electron chi connectivity index (χ2n) is 7.90. The quantitative estimate of drug-likeness (QED) is 0.554. The second kappa shape index (κ2) is 8.98. The van der Waals surface area contributed by atoms with Gasteiger partial charge in [0.15, 0.2) is 0 Å². The predicted molar refractivity (Wildman–Crippen MR) is 115 cm³/mol. The fourth-order valence-electron chi connectivity index (χ4n) is 3.68. The molecule has 0 spiro atoms. The Kier molecular flexibility index (Phi) is 6.16. The summed E-state index contributed by atoms with van der Waals surface area (Å²) in [6.07, 6.45) is 2.62. The fourth-order valence-corrected chi connectivity index (χ4v) is 3.68. The third-order valence-electron chi connectivity index (χ3n) is 5.49. The molecule has 1 fully saturated rings. The van der Waals surface area contributed by atoms with Crippen LogP contribution >= 0.6 is 0 Å². The van der Waals surface area contributed by atoms with Crippen LogP contribution in [0.1, 0.15) is 31.7 Å². The van der Waals surface area contributed by atoms with E-state index in [9.17, 15) is 9.50 Å². The minimum absolute atomic E-state index is 0.342. The molecule has 0 saturated heterocycles. The van der Waals surface area contributed by atoms with Crippen molar-refractivity contribution in [3.05, 3.63) is 66.0 Å². The average Bonchev–Trinajstić information content (AvgIpc) is 3.55. The second-order valence-corrected chi connectivity index (χ2v) is 7.90. The van der Waals surface area contributed by atoms with Crippen molar-refractivity contribution in [1.82, 2.24) is 14.7 Å². The Bertz CT molecular complexity index is 985. The van der Waals surface area contributed by atoms with Gasteiger partial charge in [-0.3, -0.25) is 4.90 Å². The van der Waals surface area contributed by atoms with Crippen LogP contribution in [-0.4, -0.2) is 38.5 Å². The molecule has 1 aromatic heterocycles. The van der Waals surface area contributed by atoms with Crippen molar-refractivity contribution in [2.45, 2.75) is 44.9 Å². The van der Waals surface area contributed by atoms with Gasteiger partial charge in [0.1, 0.15) is 17.3 Å². The molecule has 2 aromatic carbocycles. The number of benzene rings is 2. The van der Waals surface area contributed by atoms with Gasteiger partial charge >= 0.3 is 0 Å². The predicted octanol–water partition coefficient (Wildman–Crippen LogP) is 4.75. The molecule has 0 bridgehead atoms. The van der Waals surface area contributed by atoms with Gasteiger partial charge in [-0.1, -0.05) is 43.3 Å². The Labute approximate surface area is 176 Å². The van der Waals surface area contributed by atoms with E-state index in [-0.39, 0.29) is 11.9 Å². The Balaban J connectivity index is 1.73. The van der Waals surface area contributed by atoms with Crippen molar-refractivity contribution in [3.63, 3.8) is 0 Å². The summed E-state index contributed by atoms with van der Waals surface area (Å²) >= 11 is 0. The third kappa shape index (κ3) is 4.71. The van der Waals surface area contributed by atoms with Crippen LogP contribution in [0.4, 0.5) is 4.39 Å². The first-order valence-electron chi connectivity index (χ1n) is 10.5. The molecule has 0 radical (unpaired) electrons. The number of ether oxygens (including phenoxy) is 1. The van der Waals surface area contributed by atoms with Gasteiger partial charge in [-0.15, -0.1) is 0 Å². The van der Waals surface area contributed by atoms with E-state index in [0.29, 0.717) is 37.2 Å². The highest BCUT2D eigenvalue weighted by Gasteiger charge is 2.32. The molecular formula is C24H28FN3O2. The van der Waals surface area contributed by atoms with Gasteiger partial charge < -0.3 is 9.84 Å². The minimum Gasteiger partial charge on any atom is -0.439 e. The summed E-state index contributed by atoms with van der Waals surface area (Å²) in [6.45, 7) is 3.22. The van der Waals surface area contributed by atoms with E-state index in [0.717, 1.165) is 29.7 Å². The van der Waals surface area contributed by atoms with Crippen molar-refractivity contribution in [2.24, 2.45) is 7.05 Å². The van der Waals surface area contributed by atoms with Gasteiger partial charge in [0.05, 0.1) is 11.7 Å². The Morgan fingerprint density at radius 3 is 2.63 bits per heavy atom. The number of halogens is 1. The molecule has 0 amide bonds. The van der Waals surface area contributed by atoms with E-state index in [2.05, 4.69) is 4.90 Å². The smallest absolute Gasteiger partial charge is 0.222 e. The van der Waals surface area contributed by atoms with Crippen molar-refractivity contribution in [2.75, 3.05) is 6.54 Å². The van der Waals surface area contributed by atoms with Gasteiger partial charge in [-0.25, -0.2) is 9.07 Å². The van der Waals surface area contributed by atoms with Crippen LogP contribution in [0.2, 0.25) is 0 Å². The molecule has 0 unspecified atom stereocenters. The lowest BCUT2D eigenvalue weighted by molar-refractivity contribution is 0.101. The first kappa shape index (κ1) is 20.6. The number of hydrogen-bond donors (Lipinski definition) is 1. The lowest BCUT2D eigenvalue weighted by atomic mass is 10.1. The number of nitrogens with zero attached hydrogens (tertiary/aromatic N) is 3. The maximum atomic E-state index is 13.7. The number of aliphatic hydroxyl groups is 1. The highest BCUT2D eigenvalue weighted by atomic mass is 19.1. The Morgan fingerprint density at radius 1 is 1.20 bits per heavy atom. The molecule has 5 nitrogen and oxygen atoms in total. The zero-order valence-electron chi connectivity index (χ0n) is 17.5. The zero-order chi connectivity index (χ0) is 21.1. The summed E-state index contributed by atoms with van der Waals surface area (Å²) in [4.78, 5) is 2.32. The van der Waals surface area contributed by atoms with E-state index in [1.165, 1.54) is 12.1 Å². The van der Waals surface area contributed by atoms with E-state index >= 15 is 0 Å². The normalized spacial score (nSPS) is 14.8. The number of aromatic nitrogens is 2. The maximum Gasteiger partial charge on any atom is 0.222 e. The molecule has 1 saturated carbocycles. The highest BCUT2D eigenvalue weighted by Crippen LogP contribution is 2.37. The maximum absolute atomic E-state index is 13.7. The lowest BCUT2D eigenvalue weighted by Crippen LogP contribution is -2.33. The molecule has 0 aliphatic heterocycles. The topological polar surface area (TPSA) is 50.5 Å². The van der Waals surface area contributed by atoms with Crippen LogP contribution < -0.4 is 4.74 Å². The Morgan fingerprint density at radius 2 is 1.97 bits per heavy atom. The SMILES string of the molecule is CC[C@H](O)CN(Cc1c(-c2ccccc2)nn(C)c1Oc1cccc(F)c1)C1CC1. The summed E-state index contributed by atoms with van der Waals surface area (Å²) in [7, 11) is 1.84. The van der Waals surface area contributed by atoms with Crippen LogP contribution in [0.5, 0.6) is 11.6 Å². The van der Waals surface area contributed by atoms with Crippen LogP contribution in [0.3, 0.4) is 0 Å². The van der Waals surface area contributed by atoms with Gasteiger partial charge in [0.2, 0.25) is 5.88 Å². The van der Waals surface area contributed by atoms with Crippen LogP contribution in [0.15, 0.2) is 54.6 Å². The van der Waals surface area contributed by atoms with Crippen LogP contribution in [0, 0.1) is 5.82 Å². The van der Waals surface area contributed by atoms with Gasteiger partial charge in [0.25, 0.3) is 0 Å². The molecule has 1 heterocycles. The van der Waals surface area contributed by atoms with Gasteiger partial charge in [0, 0.05) is 37.8 Å². The van der Waals surface area contributed by atoms with Crippen molar-refractivity contribution >= 4 is 0 Å². The van der Waals surface area contributed by atoms with Crippen molar-refractivity contribution in [1.29, 1.82) is 0 Å². The minimum atomic E-state index is -0.366. The van der Waals surface area contributed by atoms with Gasteiger partial charge in [-0.2, -0.15) is 5.10 Å². The molecule has 4 rings (SSSR count). The van der Waals surface area contributed by atoms with Crippen molar-refractivity contribution in [3.8, 4) is 22.9 Å². The number of hydrogen-bond acceptors (Lipinski definition) is 4. The average molecular weight is 410 g/mol. The van der Waals surface area contributed by atoms with Crippen LogP contribution in [-0.2, 0) is 13.6 Å². The summed E-state index contributed by atoms with van der Waals surface area (Å²) in [5, 5.41) is 15.0. The molecule has 6 heteroatoms. The first-order valence-corrected chi connectivity index (χ1v) is 10.5. The molecule has 1 atom stereocenters. The van der Waals surface area contributed by atoms with Gasteiger partial charge in [-0.05, 0) is 31.4 Å². The van der Waals surface area contributed by atoms with E-state index in [1.807, 2.05) is 44.3 Å². The summed E-state index contributed by atoms with van der Waals surface area (Å²) in [6, 6.07) is 16.6. The van der Waals surface area contributed by atoms with E-state index in [1.54, 1.807) is 16.8 Å². The monoisotopic (exact) mass is 409 g/mol. The van der Waals surface area contributed by atoms with Crippen LogP contribution in [0.25, 0.3) is 11.3 Å². The van der Waals surface area contributed by atoms with E-state index < -0.39 is 0 Å². The summed E-state index contributed by atoms with van der Waals surface area (Å²) < 4.78 is 21.5. The number of aryl methyl sites for hydroxylation is 1. The van der Waals surface area contributed by atoms with E-state index in [4.69, 9.17) is 9.84 Å². The molecule has 1 aliphatic carbocycles. The molecule has 1 aliphatic rings. The fraction of sp³-hybridized carbons (Fsp3) is 0.375. The molecule has 30 heavy (non-hydrogen) atoms. The summed E-state index contributed by atoms with van der Waals surface area (Å²) in [5.41, 5.74) is 2.80. The molecular weight excluding hydrogens is 381 g/mol. The Hall–Kier alpha value is -2.70. The molecule has 1 N–H and O–H groups in total. The zero-order valence-corrected chi connectivity index (χ0v) is 17.5. The number of rotatable bonds is 9. The lowest BCUT2D eigenvalue weighted by Gasteiger charge is -2.25. The van der Waals surface area contributed by atoms with Crippen molar-refractivity contribution < 1.29 is 14.2 Å². The third-order valence-corrected chi connectivity index (χ3v) is 5.49. The molecule has 158 valence electrons. The largest absolute Gasteiger partial charge is 0.439 e. The first-order chi connectivity index (χ1) is 14.5. The highest BCUT2D eigenvalue weighted by molar-refractivity contribution is 5.65. The number of aliphatic hydroxyl groups excluding tert-OH is 1.